The predicted octanol–water partition coefficient (Wildman–Crippen LogP) is 0.134. The van der Waals surface area contributed by atoms with Crippen LogP contribution in [0.4, 0.5) is 0 Å². The van der Waals surface area contributed by atoms with Crippen LogP contribution in [0.3, 0.4) is 0 Å². The van der Waals surface area contributed by atoms with Crippen molar-refractivity contribution in [1.29, 1.82) is 0 Å². The molecule has 1 aromatic rings. The van der Waals surface area contributed by atoms with Gasteiger partial charge in [0.15, 0.2) is 0 Å². The number of nitrogens with zero attached hydrogens (tertiary/aromatic N) is 1. The molecular weight excluding hydrogens is 524 g/mol. The molecule has 0 spiro atoms. The summed E-state index contributed by atoms with van der Waals surface area (Å²) in [6.45, 7) is 5.00. The molecule has 1 aromatic heterocycles. The van der Waals surface area contributed by atoms with Crippen LogP contribution in [-0.2, 0) is 24.0 Å². The first kappa shape index (κ1) is 31.7. The number of nitrogens with two attached hydrogens (primary N) is 1. The largest absolute Gasteiger partial charge is 0.368 e. The standard InChI is InChI=1S/C26H40N6O6S/c1-4-9-32(15-23(35)30-18(11-16(2)3)24(36)28-13-21(27)33)26(38)19(12-17-7-8-17)31-22(34)14-29-25(37)20-6-5-10-39-20/h5-6,10,16-19H,4,7-9,11-15H2,1-3H3,(H2,27,33)(H,28,36)(H,29,37)(H,30,35)(H,31,34)/t18-,19?/m0/s1. The zero-order chi connectivity index (χ0) is 28.9. The molecule has 6 N–H and O–H groups in total. The summed E-state index contributed by atoms with van der Waals surface area (Å²) in [7, 11) is 0. The van der Waals surface area contributed by atoms with Gasteiger partial charge in [-0.1, -0.05) is 39.7 Å². The normalized spacial score (nSPS) is 14.2. The fraction of sp³-hybridized carbons (Fsp3) is 0.615. The summed E-state index contributed by atoms with van der Waals surface area (Å²) in [4.78, 5) is 76.6. The van der Waals surface area contributed by atoms with Crippen molar-refractivity contribution < 1.29 is 28.8 Å². The van der Waals surface area contributed by atoms with Gasteiger partial charge >= 0.3 is 0 Å². The van der Waals surface area contributed by atoms with Crippen molar-refractivity contribution in [3.05, 3.63) is 22.4 Å². The fourth-order valence-electron chi connectivity index (χ4n) is 3.98. The minimum absolute atomic E-state index is 0.0708. The number of carbonyl (C=O) groups excluding carboxylic acids is 6. The highest BCUT2D eigenvalue weighted by Gasteiger charge is 2.34. The van der Waals surface area contributed by atoms with Crippen molar-refractivity contribution >= 4 is 46.8 Å². The molecule has 6 amide bonds. The van der Waals surface area contributed by atoms with Crippen molar-refractivity contribution in [2.75, 3.05) is 26.2 Å². The Bertz CT molecular complexity index is 1010. The van der Waals surface area contributed by atoms with Gasteiger partial charge in [0.1, 0.15) is 12.1 Å². The molecule has 39 heavy (non-hydrogen) atoms. The van der Waals surface area contributed by atoms with Crippen molar-refractivity contribution in [2.24, 2.45) is 17.6 Å². The van der Waals surface area contributed by atoms with Gasteiger partial charge in [0.05, 0.1) is 24.5 Å². The van der Waals surface area contributed by atoms with E-state index in [9.17, 15) is 28.8 Å². The van der Waals surface area contributed by atoms with Gasteiger partial charge in [0, 0.05) is 6.54 Å². The summed E-state index contributed by atoms with van der Waals surface area (Å²) in [5.74, 6) is -2.65. The average Bonchev–Trinajstić information content (AvgIpc) is 3.51. The summed E-state index contributed by atoms with van der Waals surface area (Å²) >= 11 is 1.26. The Kier molecular flexibility index (Phi) is 12.9. The maximum atomic E-state index is 13.5. The Morgan fingerprint density at radius 1 is 1.03 bits per heavy atom. The van der Waals surface area contributed by atoms with E-state index in [1.165, 1.54) is 16.2 Å². The minimum atomic E-state index is -0.899. The quantitative estimate of drug-likeness (QED) is 0.179. The van der Waals surface area contributed by atoms with Gasteiger partial charge in [0.2, 0.25) is 29.5 Å². The van der Waals surface area contributed by atoms with E-state index in [-0.39, 0.29) is 38.0 Å². The molecule has 2 rings (SSSR count). The van der Waals surface area contributed by atoms with E-state index in [4.69, 9.17) is 5.73 Å². The molecule has 0 aliphatic heterocycles. The molecule has 1 unspecified atom stereocenters. The highest BCUT2D eigenvalue weighted by molar-refractivity contribution is 7.12. The molecule has 2 atom stereocenters. The van der Waals surface area contributed by atoms with Crippen LogP contribution in [0.5, 0.6) is 0 Å². The maximum absolute atomic E-state index is 13.5. The number of thiophene rings is 1. The lowest BCUT2D eigenvalue weighted by Gasteiger charge is -2.28. The molecule has 216 valence electrons. The Balaban J connectivity index is 2.02. The lowest BCUT2D eigenvalue weighted by molar-refractivity contribution is -0.140. The van der Waals surface area contributed by atoms with Gasteiger partial charge in [-0.3, -0.25) is 28.8 Å². The van der Waals surface area contributed by atoms with Crippen LogP contribution in [0.25, 0.3) is 0 Å². The fourth-order valence-corrected chi connectivity index (χ4v) is 4.62. The van der Waals surface area contributed by atoms with Gasteiger partial charge in [-0.25, -0.2) is 0 Å². The highest BCUT2D eigenvalue weighted by Crippen LogP contribution is 2.33. The van der Waals surface area contributed by atoms with Crippen molar-refractivity contribution in [3.8, 4) is 0 Å². The lowest BCUT2D eigenvalue weighted by Crippen LogP contribution is -2.55. The summed E-state index contributed by atoms with van der Waals surface area (Å²) in [5, 5.41) is 12.1. The monoisotopic (exact) mass is 564 g/mol. The molecule has 0 radical (unpaired) electrons. The topological polar surface area (TPSA) is 180 Å². The van der Waals surface area contributed by atoms with E-state index in [1.54, 1.807) is 17.5 Å². The predicted molar refractivity (Wildman–Crippen MR) is 146 cm³/mol. The smallest absolute Gasteiger partial charge is 0.261 e. The first-order valence-corrected chi connectivity index (χ1v) is 14.1. The van der Waals surface area contributed by atoms with E-state index < -0.39 is 41.6 Å². The Hall–Kier alpha value is -3.48. The molecule has 1 aliphatic carbocycles. The molecule has 0 bridgehead atoms. The van der Waals surface area contributed by atoms with E-state index in [0.717, 1.165) is 12.8 Å². The third-order valence-corrected chi connectivity index (χ3v) is 6.86. The third kappa shape index (κ3) is 11.8. The van der Waals surface area contributed by atoms with Crippen LogP contribution in [0.1, 0.15) is 62.5 Å². The Morgan fingerprint density at radius 2 is 1.72 bits per heavy atom. The van der Waals surface area contributed by atoms with Gasteiger partial charge in [-0.15, -0.1) is 11.3 Å². The van der Waals surface area contributed by atoms with Crippen LogP contribution < -0.4 is 27.0 Å². The first-order chi connectivity index (χ1) is 18.5. The van der Waals surface area contributed by atoms with E-state index >= 15 is 0 Å². The first-order valence-electron chi connectivity index (χ1n) is 13.2. The van der Waals surface area contributed by atoms with E-state index in [2.05, 4.69) is 21.3 Å². The zero-order valence-corrected chi connectivity index (χ0v) is 23.6. The van der Waals surface area contributed by atoms with E-state index in [0.29, 0.717) is 30.1 Å². The van der Waals surface area contributed by atoms with Crippen LogP contribution in [0.2, 0.25) is 0 Å². The highest BCUT2D eigenvalue weighted by atomic mass is 32.1. The van der Waals surface area contributed by atoms with Crippen LogP contribution >= 0.6 is 11.3 Å². The number of primary amides is 1. The molecule has 1 saturated carbocycles. The number of rotatable bonds is 17. The summed E-state index contributed by atoms with van der Waals surface area (Å²) in [5.41, 5.74) is 5.10. The Morgan fingerprint density at radius 3 is 2.28 bits per heavy atom. The molecule has 0 aromatic carbocycles. The number of hydrogen-bond acceptors (Lipinski definition) is 7. The zero-order valence-electron chi connectivity index (χ0n) is 22.8. The van der Waals surface area contributed by atoms with Crippen molar-refractivity contribution in [2.45, 2.75) is 65.0 Å². The summed E-state index contributed by atoms with van der Waals surface area (Å²) in [6.07, 6.45) is 3.27. The van der Waals surface area contributed by atoms with Gasteiger partial charge in [0.25, 0.3) is 5.91 Å². The van der Waals surface area contributed by atoms with Crippen LogP contribution in [0.15, 0.2) is 17.5 Å². The van der Waals surface area contributed by atoms with Crippen LogP contribution in [-0.4, -0.2) is 78.6 Å². The number of hydrogen-bond donors (Lipinski definition) is 5. The van der Waals surface area contributed by atoms with Gasteiger partial charge < -0.3 is 31.9 Å². The number of carbonyl (C=O) groups is 6. The minimum Gasteiger partial charge on any atom is -0.368 e. The van der Waals surface area contributed by atoms with Gasteiger partial charge in [-0.2, -0.15) is 0 Å². The number of nitrogens with one attached hydrogen (secondary N) is 4. The Labute approximate surface area is 232 Å². The molecule has 1 aliphatic rings. The molecule has 1 heterocycles. The van der Waals surface area contributed by atoms with E-state index in [1.807, 2.05) is 20.8 Å². The van der Waals surface area contributed by atoms with Crippen LogP contribution in [0, 0.1) is 11.8 Å². The van der Waals surface area contributed by atoms with Crippen molar-refractivity contribution in [1.82, 2.24) is 26.2 Å². The molecule has 12 nitrogen and oxygen atoms in total. The molecular formula is C26H40N6O6S. The second-order valence-corrected chi connectivity index (χ2v) is 11.1. The SMILES string of the molecule is CCCN(CC(=O)N[C@@H](CC(C)C)C(=O)NCC(N)=O)C(=O)C(CC1CC1)NC(=O)CNC(=O)c1cccs1. The summed E-state index contributed by atoms with van der Waals surface area (Å²) in [6, 6.07) is 1.65. The third-order valence-electron chi connectivity index (χ3n) is 5.99. The molecule has 1 fully saturated rings. The van der Waals surface area contributed by atoms with Crippen molar-refractivity contribution in [3.63, 3.8) is 0 Å². The lowest BCUT2D eigenvalue weighted by atomic mass is 10.0. The summed E-state index contributed by atoms with van der Waals surface area (Å²) < 4.78 is 0. The van der Waals surface area contributed by atoms with Gasteiger partial charge in [-0.05, 0) is 42.5 Å². The number of amides is 6. The second kappa shape index (κ2) is 15.8. The second-order valence-electron chi connectivity index (χ2n) is 10.2. The average molecular weight is 565 g/mol. The molecule has 13 heteroatoms. The maximum Gasteiger partial charge on any atom is 0.261 e. The molecule has 0 saturated heterocycles.